The molecule has 2 heteroatoms. The number of unbranched alkanes of at least 4 members (excludes halogenated alkanes) is 2. The highest BCUT2D eigenvalue weighted by Crippen LogP contribution is 1.94. The van der Waals surface area contributed by atoms with Gasteiger partial charge in [-0.25, -0.2) is 0 Å². The lowest BCUT2D eigenvalue weighted by Gasteiger charge is -2.08. The normalized spacial score (nSPS) is 10.1. The van der Waals surface area contributed by atoms with Crippen LogP contribution < -0.4 is 5.32 Å². The van der Waals surface area contributed by atoms with Crippen molar-refractivity contribution in [3.63, 3.8) is 0 Å². The molecule has 0 bridgehead atoms. The highest BCUT2D eigenvalue weighted by Gasteiger charge is 1.89. The summed E-state index contributed by atoms with van der Waals surface area (Å²) in [6.45, 7) is 5.86. The summed E-state index contributed by atoms with van der Waals surface area (Å²) >= 11 is 0. The monoisotopic (exact) mass is 156 g/mol. The smallest absolute Gasteiger partial charge is 0.0141 e. The summed E-state index contributed by atoms with van der Waals surface area (Å²) < 4.78 is 0. The van der Waals surface area contributed by atoms with E-state index in [1.165, 1.54) is 25.8 Å². The maximum Gasteiger partial charge on any atom is 0.0141 e. The zero-order chi connectivity index (χ0) is 8.53. The number of nitrogens with one attached hydrogen (secondary N) is 1. The van der Waals surface area contributed by atoms with E-state index >= 15 is 0 Å². The molecule has 0 unspecified atom stereocenters. The van der Waals surface area contributed by atoms with Crippen molar-refractivity contribution < 1.29 is 0 Å². The van der Waals surface area contributed by atoms with E-state index in [9.17, 15) is 0 Å². The molecule has 0 spiro atoms. The first-order chi connectivity index (χ1) is 5.27. The second kappa shape index (κ2) is 7.61. The van der Waals surface area contributed by atoms with E-state index in [0.717, 1.165) is 6.54 Å². The molecule has 0 aromatic rings. The van der Waals surface area contributed by atoms with Crippen LogP contribution in [0.4, 0.5) is 0 Å². The second-order valence-corrected chi connectivity index (χ2v) is 3.02. The predicted molar refractivity (Wildman–Crippen MR) is 50.6 cm³/mol. The number of nitrogens with zero attached hydrogens (tertiary/aromatic N) is 1. The molecular formula is C9H20N2. The van der Waals surface area contributed by atoms with Gasteiger partial charge in [-0.2, -0.15) is 0 Å². The Morgan fingerprint density at radius 2 is 2.00 bits per heavy atom. The van der Waals surface area contributed by atoms with Gasteiger partial charge in [-0.15, -0.1) is 0 Å². The van der Waals surface area contributed by atoms with Crippen molar-refractivity contribution in [2.75, 3.05) is 27.2 Å². The lowest BCUT2D eigenvalue weighted by atomic mass is 10.2. The fraction of sp³-hybridized carbons (Fsp3) is 0.778. The Kier molecular flexibility index (Phi) is 7.26. The minimum Gasteiger partial charge on any atom is -0.391 e. The van der Waals surface area contributed by atoms with E-state index in [-0.39, 0.29) is 0 Å². The summed E-state index contributed by atoms with van der Waals surface area (Å²) in [6.07, 6.45) is 5.61. The van der Waals surface area contributed by atoms with Gasteiger partial charge < -0.3 is 10.2 Å². The molecule has 1 N–H and O–H groups in total. The summed E-state index contributed by atoms with van der Waals surface area (Å²) in [7, 11) is 4.23. The van der Waals surface area contributed by atoms with Gasteiger partial charge in [-0.1, -0.05) is 13.0 Å². The first-order valence-electron chi connectivity index (χ1n) is 4.26. The van der Waals surface area contributed by atoms with Crippen molar-refractivity contribution in [1.29, 1.82) is 0 Å². The molecule has 0 atom stereocenters. The van der Waals surface area contributed by atoms with Crippen molar-refractivity contribution in [2.24, 2.45) is 0 Å². The minimum absolute atomic E-state index is 1.07. The van der Waals surface area contributed by atoms with Gasteiger partial charge in [0.2, 0.25) is 0 Å². The van der Waals surface area contributed by atoms with E-state index in [2.05, 4.69) is 30.9 Å². The summed E-state index contributed by atoms with van der Waals surface area (Å²) in [4.78, 5) is 2.22. The highest BCUT2D eigenvalue weighted by molar-refractivity contribution is 4.62. The molecule has 0 aliphatic carbocycles. The molecule has 0 fully saturated rings. The van der Waals surface area contributed by atoms with Gasteiger partial charge in [0.05, 0.1) is 0 Å². The van der Waals surface area contributed by atoms with Crippen LogP contribution in [0.5, 0.6) is 0 Å². The molecule has 0 rings (SSSR count). The molecule has 66 valence electrons. The molecule has 0 radical (unpaired) electrons. The lowest BCUT2D eigenvalue weighted by molar-refractivity contribution is 0.391. The molecule has 0 aliphatic rings. The number of hydrogen-bond donors (Lipinski definition) is 1. The maximum atomic E-state index is 3.59. The molecule has 0 aromatic heterocycles. The van der Waals surface area contributed by atoms with E-state index in [1.54, 1.807) is 6.20 Å². The Bertz CT molecular complexity index is 89.6. The van der Waals surface area contributed by atoms with Crippen LogP contribution in [0.2, 0.25) is 0 Å². The third-order valence-corrected chi connectivity index (χ3v) is 1.57. The fourth-order valence-corrected chi connectivity index (χ4v) is 0.934. The molecule has 0 heterocycles. The van der Waals surface area contributed by atoms with Crippen LogP contribution in [0.3, 0.4) is 0 Å². The number of hydrogen-bond acceptors (Lipinski definition) is 2. The quantitative estimate of drug-likeness (QED) is 0.561. The first kappa shape index (κ1) is 10.5. The lowest BCUT2D eigenvalue weighted by Crippen LogP contribution is -2.13. The number of rotatable bonds is 7. The Balaban J connectivity index is 2.85. The van der Waals surface area contributed by atoms with Gasteiger partial charge in [0.15, 0.2) is 0 Å². The largest absolute Gasteiger partial charge is 0.391 e. The summed E-state index contributed by atoms with van der Waals surface area (Å²) in [5, 5.41) is 3.09. The summed E-state index contributed by atoms with van der Waals surface area (Å²) in [5.74, 6) is 0. The predicted octanol–water partition coefficient (Wildman–Crippen LogP) is 1.45. The SMILES string of the molecule is C=CNCCCCCN(C)C. The van der Waals surface area contributed by atoms with Gasteiger partial charge in [0, 0.05) is 6.54 Å². The summed E-state index contributed by atoms with van der Waals surface area (Å²) in [6, 6.07) is 0. The van der Waals surface area contributed by atoms with Crippen molar-refractivity contribution in [3.05, 3.63) is 12.8 Å². The maximum absolute atomic E-state index is 3.59. The van der Waals surface area contributed by atoms with Gasteiger partial charge >= 0.3 is 0 Å². The second-order valence-electron chi connectivity index (χ2n) is 3.02. The van der Waals surface area contributed by atoms with Crippen LogP contribution in [0.1, 0.15) is 19.3 Å². The zero-order valence-electron chi connectivity index (χ0n) is 7.77. The van der Waals surface area contributed by atoms with Crippen LogP contribution in [0.25, 0.3) is 0 Å². The van der Waals surface area contributed by atoms with E-state index in [0.29, 0.717) is 0 Å². The van der Waals surface area contributed by atoms with Crippen molar-refractivity contribution in [2.45, 2.75) is 19.3 Å². The van der Waals surface area contributed by atoms with E-state index in [4.69, 9.17) is 0 Å². The standard InChI is InChI=1S/C9H20N2/c1-4-10-8-6-5-7-9-11(2)3/h4,10H,1,5-9H2,2-3H3. The van der Waals surface area contributed by atoms with Crippen molar-refractivity contribution in [3.8, 4) is 0 Å². The molecule has 0 saturated carbocycles. The fourth-order valence-electron chi connectivity index (χ4n) is 0.934. The van der Waals surface area contributed by atoms with E-state index in [1.807, 2.05) is 0 Å². The van der Waals surface area contributed by atoms with Crippen LogP contribution in [0.15, 0.2) is 12.8 Å². The Morgan fingerprint density at radius 3 is 2.55 bits per heavy atom. The third kappa shape index (κ3) is 9.50. The third-order valence-electron chi connectivity index (χ3n) is 1.57. The van der Waals surface area contributed by atoms with Crippen LogP contribution in [-0.4, -0.2) is 32.1 Å². The molecule has 0 saturated heterocycles. The van der Waals surface area contributed by atoms with Crippen LogP contribution in [-0.2, 0) is 0 Å². The van der Waals surface area contributed by atoms with Gasteiger partial charge in [-0.3, -0.25) is 0 Å². The Morgan fingerprint density at radius 1 is 1.27 bits per heavy atom. The minimum atomic E-state index is 1.07. The van der Waals surface area contributed by atoms with Gasteiger partial charge in [-0.05, 0) is 39.7 Å². The van der Waals surface area contributed by atoms with Crippen LogP contribution >= 0.6 is 0 Å². The zero-order valence-corrected chi connectivity index (χ0v) is 7.77. The first-order valence-corrected chi connectivity index (χ1v) is 4.26. The van der Waals surface area contributed by atoms with Crippen molar-refractivity contribution >= 4 is 0 Å². The van der Waals surface area contributed by atoms with Gasteiger partial charge in [0.25, 0.3) is 0 Å². The Labute approximate surface area is 70.3 Å². The van der Waals surface area contributed by atoms with Crippen molar-refractivity contribution in [1.82, 2.24) is 10.2 Å². The topological polar surface area (TPSA) is 15.3 Å². The molecular weight excluding hydrogens is 136 g/mol. The van der Waals surface area contributed by atoms with Crippen LogP contribution in [0, 0.1) is 0 Å². The van der Waals surface area contributed by atoms with E-state index < -0.39 is 0 Å². The molecule has 0 amide bonds. The summed E-state index contributed by atoms with van der Waals surface area (Å²) in [5.41, 5.74) is 0. The average molecular weight is 156 g/mol. The Hall–Kier alpha value is -0.500. The average Bonchev–Trinajstić information content (AvgIpc) is 1.96. The molecule has 2 nitrogen and oxygen atoms in total. The molecule has 0 aliphatic heterocycles. The molecule has 0 aromatic carbocycles. The molecule has 11 heavy (non-hydrogen) atoms. The van der Waals surface area contributed by atoms with Gasteiger partial charge in [0.1, 0.15) is 0 Å². The highest BCUT2D eigenvalue weighted by atomic mass is 15.0.